The van der Waals surface area contributed by atoms with Gasteiger partial charge in [0.1, 0.15) is 0 Å². The third-order valence-electron chi connectivity index (χ3n) is 0.639. The quantitative estimate of drug-likeness (QED) is 0.501. The molecule has 2 nitrogen and oxygen atoms in total. The molecule has 0 spiro atoms. The molecule has 0 bridgehead atoms. The van der Waals surface area contributed by atoms with Gasteiger partial charge in [0, 0.05) is 6.20 Å². The summed E-state index contributed by atoms with van der Waals surface area (Å²) in [6.45, 7) is 0. The maximum absolute atomic E-state index is 4.70. The van der Waals surface area contributed by atoms with Crippen molar-refractivity contribution in [3.63, 3.8) is 0 Å². The molecule has 1 heterocycles. The fourth-order valence-electron chi connectivity index (χ4n) is 0.347. The summed E-state index contributed by atoms with van der Waals surface area (Å²) < 4.78 is 1.36. The Bertz CT molecular complexity index is 231. The van der Waals surface area contributed by atoms with Crippen LogP contribution in [0.25, 0.3) is 0 Å². The smallest absolute Gasteiger partial charge is 0.197 e. The van der Waals surface area contributed by atoms with Crippen LogP contribution in [0.15, 0.2) is 16.9 Å². The highest BCUT2D eigenvalue weighted by atomic mass is 79.9. The number of aromatic nitrogens is 2. The Morgan fingerprint density at radius 1 is 1.75 bits per heavy atom. The molecule has 42 valence electrons. The summed E-state index contributed by atoms with van der Waals surface area (Å²) in [5.41, 5.74) is 0. The van der Waals surface area contributed by atoms with Gasteiger partial charge < -0.3 is 4.98 Å². The topological polar surface area (TPSA) is 28.7 Å². The van der Waals surface area contributed by atoms with E-state index >= 15 is 0 Å². The summed E-state index contributed by atoms with van der Waals surface area (Å²) in [6, 6.07) is 1.79. The molecule has 8 heavy (non-hydrogen) atoms. The molecule has 1 N–H and O–H groups in total. The second-order valence-corrected chi connectivity index (χ2v) is 2.46. The molecule has 0 amide bonds. The SMILES string of the molecule is S=c1nccc(Br)[nH]1. The van der Waals surface area contributed by atoms with E-state index < -0.39 is 0 Å². The first kappa shape index (κ1) is 5.91. The third-order valence-corrected chi connectivity index (χ3v) is 1.31. The molecule has 0 atom stereocenters. The van der Waals surface area contributed by atoms with E-state index in [1.165, 1.54) is 0 Å². The van der Waals surface area contributed by atoms with Crippen molar-refractivity contribution in [1.82, 2.24) is 9.97 Å². The normalized spacial score (nSPS) is 9.12. The predicted octanol–water partition coefficient (Wildman–Crippen LogP) is 1.90. The van der Waals surface area contributed by atoms with E-state index in [1.54, 1.807) is 12.3 Å². The van der Waals surface area contributed by atoms with Crippen LogP contribution in [0, 0.1) is 4.77 Å². The lowest BCUT2D eigenvalue weighted by Gasteiger charge is -1.84. The first-order valence-electron chi connectivity index (χ1n) is 2.00. The fourth-order valence-corrected chi connectivity index (χ4v) is 0.955. The highest BCUT2D eigenvalue weighted by molar-refractivity contribution is 9.10. The minimum Gasteiger partial charge on any atom is -0.325 e. The van der Waals surface area contributed by atoms with Crippen molar-refractivity contribution < 1.29 is 0 Å². The van der Waals surface area contributed by atoms with E-state index in [2.05, 4.69) is 25.9 Å². The molecule has 0 saturated carbocycles. The number of hydrogen-bond donors (Lipinski definition) is 1. The van der Waals surface area contributed by atoms with Crippen LogP contribution in [0.1, 0.15) is 0 Å². The van der Waals surface area contributed by atoms with Gasteiger partial charge in [-0.15, -0.1) is 0 Å². The van der Waals surface area contributed by atoms with Crippen molar-refractivity contribution in [2.45, 2.75) is 0 Å². The van der Waals surface area contributed by atoms with E-state index in [1.807, 2.05) is 0 Å². The van der Waals surface area contributed by atoms with Crippen LogP contribution in [-0.4, -0.2) is 9.97 Å². The Labute approximate surface area is 60.1 Å². The zero-order valence-corrected chi connectivity index (χ0v) is 6.29. The first-order valence-corrected chi connectivity index (χ1v) is 3.20. The Kier molecular flexibility index (Phi) is 1.75. The van der Waals surface area contributed by atoms with Crippen LogP contribution in [0.4, 0.5) is 0 Å². The highest BCUT2D eigenvalue weighted by Crippen LogP contribution is 2.00. The maximum Gasteiger partial charge on any atom is 0.197 e. The fraction of sp³-hybridized carbons (Fsp3) is 0. The molecule has 1 rings (SSSR count). The number of nitrogens with one attached hydrogen (secondary N) is 1. The van der Waals surface area contributed by atoms with Gasteiger partial charge in [-0.25, -0.2) is 4.98 Å². The third kappa shape index (κ3) is 1.38. The van der Waals surface area contributed by atoms with Crippen molar-refractivity contribution in [2.75, 3.05) is 0 Å². The van der Waals surface area contributed by atoms with Crippen molar-refractivity contribution >= 4 is 28.1 Å². The lowest BCUT2D eigenvalue weighted by Crippen LogP contribution is -1.77. The number of nitrogens with zero attached hydrogens (tertiary/aromatic N) is 1. The van der Waals surface area contributed by atoms with Gasteiger partial charge in [0.05, 0.1) is 4.60 Å². The largest absolute Gasteiger partial charge is 0.325 e. The summed E-state index contributed by atoms with van der Waals surface area (Å²) in [4.78, 5) is 6.56. The van der Waals surface area contributed by atoms with Crippen LogP contribution in [-0.2, 0) is 0 Å². The summed E-state index contributed by atoms with van der Waals surface area (Å²) in [7, 11) is 0. The number of rotatable bonds is 0. The lowest BCUT2D eigenvalue weighted by atomic mass is 10.7. The minimum atomic E-state index is 0.499. The summed E-state index contributed by atoms with van der Waals surface area (Å²) in [5, 5.41) is 0. The second kappa shape index (κ2) is 2.37. The Balaban J connectivity index is 3.28. The lowest BCUT2D eigenvalue weighted by molar-refractivity contribution is 1.11. The van der Waals surface area contributed by atoms with Crippen molar-refractivity contribution in [1.29, 1.82) is 0 Å². The van der Waals surface area contributed by atoms with Gasteiger partial charge in [-0.3, -0.25) is 0 Å². The number of aromatic amines is 1. The van der Waals surface area contributed by atoms with Gasteiger partial charge in [0.25, 0.3) is 0 Å². The molecule has 1 aromatic heterocycles. The molecule has 0 radical (unpaired) electrons. The van der Waals surface area contributed by atoms with Crippen LogP contribution in [0.3, 0.4) is 0 Å². The molecule has 0 fully saturated rings. The zero-order chi connectivity index (χ0) is 5.98. The van der Waals surface area contributed by atoms with Gasteiger partial charge in [-0.05, 0) is 34.2 Å². The van der Waals surface area contributed by atoms with Gasteiger partial charge in [0.2, 0.25) is 0 Å². The van der Waals surface area contributed by atoms with Crippen LogP contribution in [0.5, 0.6) is 0 Å². The average Bonchev–Trinajstić information content (AvgIpc) is 1.64. The molecule has 0 aliphatic heterocycles. The van der Waals surface area contributed by atoms with E-state index in [0.29, 0.717) is 4.77 Å². The predicted molar refractivity (Wildman–Crippen MR) is 37.1 cm³/mol. The van der Waals surface area contributed by atoms with Crippen molar-refractivity contribution in [3.05, 3.63) is 21.6 Å². The number of hydrogen-bond acceptors (Lipinski definition) is 2. The standard InChI is InChI=1S/C4H3BrN2S/c5-3-1-2-6-4(8)7-3/h1-2H,(H,6,7,8). The molecular weight excluding hydrogens is 188 g/mol. The van der Waals surface area contributed by atoms with Crippen molar-refractivity contribution in [2.24, 2.45) is 0 Å². The van der Waals surface area contributed by atoms with Crippen LogP contribution >= 0.6 is 28.1 Å². The Morgan fingerprint density at radius 3 is 2.88 bits per heavy atom. The first-order chi connectivity index (χ1) is 3.79. The highest BCUT2D eigenvalue weighted by Gasteiger charge is 1.79. The van der Waals surface area contributed by atoms with Crippen LogP contribution in [0.2, 0.25) is 0 Å². The van der Waals surface area contributed by atoms with Gasteiger partial charge in [-0.1, -0.05) is 0 Å². The summed E-state index contributed by atoms with van der Waals surface area (Å²) >= 11 is 7.90. The number of H-pyrrole nitrogens is 1. The molecular formula is C4H3BrN2S. The maximum atomic E-state index is 4.70. The Morgan fingerprint density at radius 2 is 2.50 bits per heavy atom. The summed E-state index contributed by atoms with van der Waals surface area (Å²) in [5.74, 6) is 0. The zero-order valence-electron chi connectivity index (χ0n) is 3.89. The van der Waals surface area contributed by atoms with Gasteiger partial charge >= 0.3 is 0 Å². The van der Waals surface area contributed by atoms with E-state index in [0.717, 1.165) is 4.60 Å². The van der Waals surface area contributed by atoms with E-state index in [4.69, 9.17) is 12.2 Å². The second-order valence-electron chi connectivity index (χ2n) is 1.22. The molecule has 0 aromatic carbocycles. The van der Waals surface area contributed by atoms with Crippen LogP contribution < -0.4 is 0 Å². The number of halogens is 1. The summed E-state index contributed by atoms with van der Waals surface area (Å²) in [6.07, 6.45) is 1.64. The minimum absolute atomic E-state index is 0.499. The van der Waals surface area contributed by atoms with Gasteiger partial charge in [-0.2, -0.15) is 0 Å². The average molecular weight is 191 g/mol. The molecule has 0 saturated heterocycles. The Hall–Kier alpha value is -0.220. The molecule has 0 unspecified atom stereocenters. The van der Waals surface area contributed by atoms with E-state index in [-0.39, 0.29) is 0 Å². The van der Waals surface area contributed by atoms with Gasteiger partial charge in [0.15, 0.2) is 4.77 Å². The monoisotopic (exact) mass is 190 g/mol. The van der Waals surface area contributed by atoms with E-state index in [9.17, 15) is 0 Å². The molecule has 1 aromatic rings. The molecule has 4 heteroatoms. The molecule has 0 aliphatic carbocycles. The van der Waals surface area contributed by atoms with Crippen molar-refractivity contribution in [3.8, 4) is 0 Å². The molecule has 0 aliphatic rings.